The van der Waals surface area contributed by atoms with Crippen molar-refractivity contribution in [3.8, 4) is 5.75 Å². The minimum absolute atomic E-state index is 0.180. The molecule has 0 atom stereocenters. The first kappa shape index (κ1) is 92.9. The number of carbonyl (C=O) groups is 1. The summed E-state index contributed by atoms with van der Waals surface area (Å²) in [4.78, 5) is 13.0. The van der Waals surface area contributed by atoms with E-state index in [1.54, 1.807) is 97.7 Å². The molecule has 0 heterocycles. The maximum absolute atomic E-state index is 10.5. The number of nitrogens with zero attached hydrogens (tertiary/aromatic N) is 1. The molecule has 0 amide bonds. The van der Waals surface area contributed by atoms with Crippen LogP contribution in [-0.4, -0.2) is 83.7 Å². The molecule has 0 radical (unpaired) electrons. The third kappa shape index (κ3) is 28.7. The minimum atomic E-state index is -0.180. The van der Waals surface area contributed by atoms with E-state index in [2.05, 4.69) is 211 Å². The lowest BCUT2D eigenvalue weighted by molar-refractivity contribution is -0.141. The summed E-state index contributed by atoms with van der Waals surface area (Å²) in [5.74, 6) is 2.04. The molecule has 0 aliphatic heterocycles. The zero-order valence-electron chi connectivity index (χ0n) is 76.0. The second-order valence-corrected chi connectivity index (χ2v) is 36.2. The Balaban J connectivity index is 0.000000134. The molecule has 6 nitrogen and oxygen atoms in total. The molecule has 0 spiro atoms. The summed E-state index contributed by atoms with van der Waals surface area (Å²) in [6, 6.07) is 62.2. The number of benzene rings is 10. The molecule has 0 saturated heterocycles. The largest absolute Gasteiger partial charge is 0.491 e. The Morgan fingerprint density at radius 2 is 0.750 bits per heavy atom. The lowest BCUT2D eigenvalue weighted by Gasteiger charge is -2.23. The lowest BCUT2D eigenvalue weighted by Crippen LogP contribution is -2.22. The van der Waals surface area contributed by atoms with Gasteiger partial charge in [-0.1, -0.05) is 231 Å². The van der Waals surface area contributed by atoms with E-state index in [0.29, 0.717) is 19.8 Å². The Labute approximate surface area is 730 Å². The number of hydrogen-bond donors (Lipinski definition) is 0. The van der Waals surface area contributed by atoms with Gasteiger partial charge in [0.15, 0.2) is 0 Å². The Bertz CT molecular complexity index is 4810. The second kappa shape index (κ2) is 50.7. The molecule has 8 aliphatic rings. The SMILES string of the molecule is CC(=O)OCCCCc1ccc2c(c1)CC2.CCCCCCc1cc2c(cc1CCCC)CC2.CCCCc1ccc2cc3c(cc2c1)CC3.CCCN(C)CCc1ccc2c(c1)CC2.CCCc1cc2c(c3ccccc13)CC2.COCCCCCc1ccc2c(c1)CC2.COCCOc1ccc2c(c1)CC2.CSCCc1ccc2c(c1)CC2. The van der Waals surface area contributed by atoms with Gasteiger partial charge in [0.25, 0.3) is 0 Å². The highest BCUT2D eigenvalue weighted by Crippen LogP contribution is 2.36. The number of ether oxygens (including phenoxy) is 4. The molecule has 0 unspecified atom stereocenters. The standard InChI is InChI=1S/C18H28.C16H18.C15H16.C14H21N.C14H18O2.C14H20O.C11H14O2.C11H14S/c1-3-5-7-8-10-16-14-18-12-11-17(18)13-15(16)9-6-4-2;1-2-3-4-12-5-6-15-10-13-7-8-14(13)11-16(15)9-12;1-2-5-11-10-12-8-9-14(12)15-7-4-3-6-13(11)15;1-3-9-15(2)10-8-12-4-5-13-6-7-14(13)11-12;1-11(15)16-9-3-2-4-12-5-6-13-7-8-14(13)10-12;1-15-10-4-2-3-5-12-6-7-13-8-9-14(13)11-12;1-12-6-7-13-11-5-4-9-2-3-10(9)8-11;1-12-7-6-9-2-3-10-4-5-11(10)8-9/h13-14H,3-12H2,1-2H3;5-6,9-11H,2-4,7-8H2,1H3;3-4,6-7,10H,2,5,8-9H2,1H3;4-5,11H,3,6-10H2,1-2H3;5-6,10H,2-4,7-9H2,1H3;6-7,11H,2-5,8-10H2,1H3;4-5,8H,2-3,6-7H2,1H3;2-3,8H,4-7H2,1H3. The van der Waals surface area contributed by atoms with Gasteiger partial charge in [-0.25, -0.2) is 0 Å². The van der Waals surface area contributed by atoms with Crippen LogP contribution in [0, 0.1) is 0 Å². The van der Waals surface area contributed by atoms with Gasteiger partial charge >= 0.3 is 5.97 Å². The first-order chi connectivity index (χ1) is 58.9. The van der Waals surface area contributed by atoms with Gasteiger partial charge in [0, 0.05) is 34.3 Å². The van der Waals surface area contributed by atoms with Crippen LogP contribution in [0.4, 0.5) is 0 Å². The fraction of sp³-hybridized carbons (Fsp3) is 0.496. The summed E-state index contributed by atoms with van der Waals surface area (Å²) in [5.41, 5.74) is 37.4. The number of methoxy groups -OCH3 is 2. The molecule has 18 rings (SSSR count). The van der Waals surface area contributed by atoms with Crippen molar-refractivity contribution in [2.24, 2.45) is 0 Å². The van der Waals surface area contributed by atoms with Gasteiger partial charge in [0.2, 0.25) is 0 Å². The summed E-state index contributed by atoms with van der Waals surface area (Å²) >= 11 is 1.92. The Morgan fingerprint density at radius 3 is 1.24 bits per heavy atom. The van der Waals surface area contributed by atoms with Crippen LogP contribution in [0.1, 0.15) is 271 Å². The van der Waals surface area contributed by atoms with Crippen molar-refractivity contribution >= 4 is 39.3 Å². The molecule has 642 valence electrons. The van der Waals surface area contributed by atoms with E-state index in [1.165, 1.54) is 329 Å². The minimum Gasteiger partial charge on any atom is -0.491 e. The number of aryl methyl sites for hydroxylation is 23. The number of likely N-dealkylation sites (N-methyl/N-ethyl adjacent to an activating group) is 1. The summed E-state index contributed by atoms with van der Waals surface area (Å²) in [7, 11) is 5.67. The van der Waals surface area contributed by atoms with Gasteiger partial charge in [-0.3, -0.25) is 4.79 Å². The zero-order chi connectivity index (χ0) is 84.1. The molecule has 0 N–H and O–H groups in total. The third-order valence-electron chi connectivity index (χ3n) is 26.1. The number of carbonyl (C=O) groups excluding carboxylic acids is 1. The van der Waals surface area contributed by atoms with Crippen molar-refractivity contribution in [1.29, 1.82) is 0 Å². The summed E-state index contributed by atoms with van der Waals surface area (Å²) < 4.78 is 20.3. The van der Waals surface area contributed by atoms with Gasteiger partial charge in [-0.15, -0.1) is 0 Å². The second-order valence-electron chi connectivity index (χ2n) is 35.3. The first-order valence-electron chi connectivity index (χ1n) is 47.5. The van der Waals surface area contributed by atoms with Crippen LogP contribution in [-0.2, 0) is 173 Å². The van der Waals surface area contributed by atoms with Gasteiger partial charge in [-0.2, -0.15) is 11.8 Å². The fourth-order valence-corrected chi connectivity index (χ4v) is 18.1. The van der Waals surface area contributed by atoms with E-state index < -0.39 is 0 Å². The quantitative estimate of drug-likeness (QED) is 0.0286. The molecule has 0 saturated carbocycles. The average molecular weight is 1630 g/mol. The van der Waals surface area contributed by atoms with Crippen molar-refractivity contribution in [2.75, 3.05) is 72.8 Å². The van der Waals surface area contributed by atoms with E-state index in [-0.39, 0.29) is 5.97 Å². The maximum atomic E-state index is 10.5. The van der Waals surface area contributed by atoms with E-state index in [9.17, 15) is 4.79 Å². The van der Waals surface area contributed by atoms with Crippen LogP contribution in [0.5, 0.6) is 5.75 Å². The smallest absolute Gasteiger partial charge is 0.302 e. The van der Waals surface area contributed by atoms with Crippen LogP contribution in [0.3, 0.4) is 0 Å². The normalized spacial score (nSPS) is 13.4. The highest BCUT2D eigenvalue weighted by molar-refractivity contribution is 7.98. The van der Waals surface area contributed by atoms with Crippen LogP contribution < -0.4 is 4.74 Å². The molecule has 0 fully saturated rings. The molecule has 120 heavy (non-hydrogen) atoms. The molecular formula is C113H149NO5S. The molecule has 7 heteroatoms. The zero-order valence-corrected chi connectivity index (χ0v) is 76.8. The molecule has 0 bridgehead atoms. The fourth-order valence-electron chi connectivity index (χ4n) is 17.7. The Hall–Kier alpha value is -7.78. The van der Waals surface area contributed by atoms with Gasteiger partial charge in [-0.05, 0) is 398 Å². The molecule has 10 aromatic carbocycles. The highest BCUT2D eigenvalue weighted by atomic mass is 32.2. The van der Waals surface area contributed by atoms with Crippen LogP contribution >= 0.6 is 11.8 Å². The molecule has 0 aromatic heterocycles. The molecule has 8 aliphatic carbocycles. The Kier molecular flexibility index (Phi) is 39.3. The van der Waals surface area contributed by atoms with E-state index in [0.717, 1.165) is 31.6 Å². The Morgan fingerprint density at radius 1 is 0.325 bits per heavy atom. The predicted octanol–water partition coefficient (Wildman–Crippen LogP) is 26.4. The van der Waals surface area contributed by atoms with E-state index >= 15 is 0 Å². The van der Waals surface area contributed by atoms with Crippen molar-refractivity contribution in [1.82, 2.24) is 4.90 Å². The van der Waals surface area contributed by atoms with Gasteiger partial charge < -0.3 is 23.8 Å². The first-order valence-corrected chi connectivity index (χ1v) is 48.9. The van der Waals surface area contributed by atoms with Gasteiger partial charge in [0.1, 0.15) is 12.4 Å². The maximum Gasteiger partial charge on any atom is 0.302 e. The van der Waals surface area contributed by atoms with Gasteiger partial charge in [0.05, 0.1) is 13.2 Å². The summed E-state index contributed by atoms with van der Waals surface area (Å²) in [6.45, 7) is 17.9. The number of fused-ring (bicyclic) bond motifs is 11. The lowest BCUT2D eigenvalue weighted by atomic mass is 9.82. The van der Waals surface area contributed by atoms with Crippen molar-refractivity contribution in [3.63, 3.8) is 0 Å². The number of unbranched alkanes of at least 4 members (excludes halogenated alkanes) is 8. The molecular weight excluding hydrogens is 1480 g/mol. The van der Waals surface area contributed by atoms with Crippen molar-refractivity contribution in [2.45, 2.75) is 292 Å². The molecule has 10 aromatic rings. The van der Waals surface area contributed by atoms with Crippen LogP contribution in [0.2, 0.25) is 0 Å². The van der Waals surface area contributed by atoms with E-state index in [1.807, 2.05) is 17.8 Å². The monoisotopic (exact) mass is 1630 g/mol. The van der Waals surface area contributed by atoms with Crippen LogP contribution in [0.15, 0.2) is 164 Å². The summed E-state index contributed by atoms with van der Waals surface area (Å²) in [5, 5.41) is 5.84. The predicted molar refractivity (Wildman–Crippen MR) is 515 cm³/mol. The number of esters is 1. The number of hydrogen-bond acceptors (Lipinski definition) is 7. The van der Waals surface area contributed by atoms with Crippen molar-refractivity contribution in [3.05, 3.63) is 297 Å². The van der Waals surface area contributed by atoms with Crippen LogP contribution in [0.25, 0.3) is 21.5 Å². The van der Waals surface area contributed by atoms with E-state index in [4.69, 9.17) is 18.9 Å². The third-order valence-corrected chi connectivity index (χ3v) is 26.7. The highest BCUT2D eigenvalue weighted by Gasteiger charge is 2.22. The number of thioether (sulfide) groups is 1. The number of rotatable bonds is 36. The average Bonchev–Trinajstić information content (AvgIpc) is 0.760. The topological polar surface area (TPSA) is 57.2 Å². The van der Waals surface area contributed by atoms with Crippen molar-refractivity contribution < 1.29 is 23.7 Å². The summed E-state index contributed by atoms with van der Waals surface area (Å²) in [6.07, 6.45) is 51.6.